The summed E-state index contributed by atoms with van der Waals surface area (Å²) in [6.45, 7) is 2.25. The van der Waals surface area contributed by atoms with E-state index in [-0.39, 0.29) is 6.10 Å². The van der Waals surface area contributed by atoms with Crippen LogP contribution in [0.15, 0.2) is 22.8 Å². The van der Waals surface area contributed by atoms with Gasteiger partial charge in [0, 0.05) is 6.42 Å². The van der Waals surface area contributed by atoms with E-state index in [0.717, 1.165) is 18.6 Å². The van der Waals surface area contributed by atoms with Crippen LogP contribution < -0.4 is 0 Å². The molecule has 104 valence electrons. The molecule has 0 bridgehead atoms. The average Bonchev–Trinajstić information content (AvgIpc) is 2.85. The van der Waals surface area contributed by atoms with Crippen molar-refractivity contribution in [3.8, 4) is 0 Å². The second-order valence-electron chi connectivity index (χ2n) is 5.20. The van der Waals surface area contributed by atoms with Gasteiger partial charge in [-0.1, -0.05) is 58.3 Å². The molecule has 1 rings (SSSR count). The fraction of sp³-hybridized carbons (Fsp3) is 0.750. The van der Waals surface area contributed by atoms with Crippen LogP contribution in [0.5, 0.6) is 0 Å². The largest absolute Gasteiger partial charge is 0.469 e. The summed E-state index contributed by atoms with van der Waals surface area (Å²) in [5.74, 6) is 0.891. The van der Waals surface area contributed by atoms with Crippen LogP contribution in [0.3, 0.4) is 0 Å². The minimum Gasteiger partial charge on any atom is -0.469 e. The van der Waals surface area contributed by atoms with Crippen LogP contribution in [0, 0.1) is 0 Å². The fourth-order valence-corrected chi connectivity index (χ4v) is 2.28. The summed E-state index contributed by atoms with van der Waals surface area (Å²) in [6, 6.07) is 3.80. The zero-order valence-corrected chi connectivity index (χ0v) is 11.7. The molecule has 0 radical (unpaired) electrons. The quantitative estimate of drug-likeness (QED) is 0.578. The first-order valence-corrected chi connectivity index (χ1v) is 7.53. The second kappa shape index (κ2) is 10.2. The minimum atomic E-state index is -0.240. The fourth-order valence-electron chi connectivity index (χ4n) is 2.28. The Labute approximate surface area is 111 Å². The second-order valence-corrected chi connectivity index (χ2v) is 5.20. The zero-order chi connectivity index (χ0) is 13.1. The molecule has 0 aliphatic heterocycles. The van der Waals surface area contributed by atoms with Crippen LogP contribution in [0.1, 0.15) is 70.5 Å². The number of hydrogen-bond acceptors (Lipinski definition) is 2. The molecule has 1 unspecified atom stereocenters. The van der Waals surface area contributed by atoms with Gasteiger partial charge in [0.15, 0.2) is 0 Å². The Kier molecular flexibility index (Phi) is 8.66. The van der Waals surface area contributed by atoms with E-state index in [4.69, 9.17) is 4.42 Å². The van der Waals surface area contributed by atoms with Crippen molar-refractivity contribution in [1.29, 1.82) is 0 Å². The summed E-state index contributed by atoms with van der Waals surface area (Å²) in [4.78, 5) is 0. The minimum absolute atomic E-state index is 0.240. The van der Waals surface area contributed by atoms with Crippen LogP contribution >= 0.6 is 0 Å². The van der Waals surface area contributed by atoms with Gasteiger partial charge in [0.25, 0.3) is 0 Å². The molecule has 18 heavy (non-hydrogen) atoms. The Morgan fingerprint density at radius 2 is 1.72 bits per heavy atom. The molecule has 0 aliphatic rings. The van der Waals surface area contributed by atoms with Crippen LogP contribution in [0.4, 0.5) is 0 Å². The van der Waals surface area contributed by atoms with E-state index in [2.05, 4.69) is 6.92 Å². The number of hydrogen-bond donors (Lipinski definition) is 1. The molecule has 1 aromatic heterocycles. The molecule has 0 aliphatic carbocycles. The number of aliphatic hydroxyl groups excluding tert-OH is 1. The summed E-state index contributed by atoms with van der Waals surface area (Å²) in [7, 11) is 0. The van der Waals surface area contributed by atoms with Gasteiger partial charge in [0.1, 0.15) is 5.76 Å². The average molecular weight is 252 g/mol. The standard InChI is InChI=1S/C16H28O2/c1-2-3-4-5-6-7-8-9-11-15(17)14-16-12-10-13-18-16/h10,12-13,15,17H,2-9,11,14H2,1H3. The molecule has 1 aromatic rings. The lowest BCUT2D eigenvalue weighted by Gasteiger charge is -2.08. The van der Waals surface area contributed by atoms with Gasteiger partial charge in [-0.3, -0.25) is 0 Å². The van der Waals surface area contributed by atoms with Crippen molar-refractivity contribution in [3.05, 3.63) is 24.2 Å². The third-order valence-corrected chi connectivity index (χ3v) is 3.41. The highest BCUT2D eigenvalue weighted by Gasteiger charge is 2.06. The highest BCUT2D eigenvalue weighted by atomic mass is 16.3. The molecule has 0 saturated heterocycles. The Balaban J connectivity index is 1.88. The number of rotatable bonds is 11. The van der Waals surface area contributed by atoms with Gasteiger partial charge >= 0.3 is 0 Å². The number of aliphatic hydroxyl groups is 1. The van der Waals surface area contributed by atoms with Crippen LogP contribution in [-0.4, -0.2) is 11.2 Å². The van der Waals surface area contributed by atoms with Gasteiger partial charge in [-0.05, 0) is 18.6 Å². The Morgan fingerprint density at radius 1 is 1.06 bits per heavy atom. The van der Waals surface area contributed by atoms with Gasteiger partial charge in [-0.15, -0.1) is 0 Å². The van der Waals surface area contributed by atoms with Gasteiger partial charge < -0.3 is 9.52 Å². The summed E-state index contributed by atoms with van der Waals surface area (Å²) >= 11 is 0. The molecule has 0 saturated carbocycles. The Morgan fingerprint density at radius 3 is 2.33 bits per heavy atom. The topological polar surface area (TPSA) is 33.4 Å². The van der Waals surface area contributed by atoms with Crippen molar-refractivity contribution in [2.45, 2.75) is 77.2 Å². The van der Waals surface area contributed by atoms with E-state index in [0.29, 0.717) is 6.42 Å². The third kappa shape index (κ3) is 7.54. The molecular formula is C16H28O2. The van der Waals surface area contributed by atoms with Crippen molar-refractivity contribution in [2.75, 3.05) is 0 Å². The van der Waals surface area contributed by atoms with Crippen molar-refractivity contribution in [1.82, 2.24) is 0 Å². The molecule has 0 aromatic carbocycles. The summed E-state index contributed by atoms with van der Waals surface area (Å²) in [6.07, 6.45) is 13.5. The predicted octanol–water partition coefficient (Wildman–Crippen LogP) is 4.71. The SMILES string of the molecule is CCCCCCCCCCC(O)Cc1ccco1. The lowest BCUT2D eigenvalue weighted by Crippen LogP contribution is -2.09. The van der Waals surface area contributed by atoms with Crippen molar-refractivity contribution < 1.29 is 9.52 Å². The number of furan rings is 1. The smallest absolute Gasteiger partial charge is 0.106 e. The lowest BCUT2D eigenvalue weighted by molar-refractivity contribution is 0.154. The Hall–Kier alpha value is -0.760. The molecule has 2 heteroatoms. The summed E-state index contributed by atoms with van der Waals surface area (Å²) < 4.78 is 5.23. The maximum absolute atomic E-state index is 9.83. The van der Waals surface area contributed by atoms with Gasteiger partial charge in [0.05, 0.1) is 12.4 Å². The first-order valence-electron chi connectivity index (χ1n) is 7.53. The maximum Gasteiger partial charge on any atom is 0.106 e. The van der Waals surface area contributed by atoms with Gasteiger partial charge in [-0.2, -0.15) is 0 Å². The molecule has 1 N–H and O–H groups in total. The van der Waals surface area contributed by atoms with Crippen molar-refractivity contribution >= 4 is 0 Å². The van der Waals surface area contributed by atoms with E-state index in [1.807, 2.05) is 12.1 Å². The molecule has 0 amide bonds. The van der Waals surface area contributed by atoms with Crippen LogP contribution in [0.2, 0.25) is 0 Å². The van der Waals surface area contributed by atoms with Crippen molar-refractivity contribution in [3.63, 3.8) is 0 Å². The molecule has 0 fully saturated rings. The lowest BCUT2D eigenvalue weighted by atomic mass is 10.0. The van der Waals surface area contributed by atoms with Crippen LogP contribution in [-0.2, 0) is 6.42 Å². The van der Waals surface area contributed by atoms with E-state index in [9.17, 15) is 5.11 Å². The monoisotopic (exact) mass is 252 g/mol. The van der Waals surface area contributed by atoms with Crippen molar-refractivity contribution in [2.24, 2.45) is 0 Å². The molecular weight excluding hydrogens is 224 g/mol. The van der Waals surface area contributed by atoms with E-state index in [1.165, 1.54) is 44.9 Å². The molecule has 1 atom stereocenters. The number of unbranched alkanes of at least 4 members (excludes halogenated alkanes) is 7. The molecule has 0 spiro atoms. The third-order valence-electron chi connectivity index (χ3n) is 3.41. The van der Waals surface area contributed by atoms with E-state index < -0.39 is 0 Å². The molecule has 2 nitrogen and oxygen atoms in total. The highest BCUT2D eigenvalue weighted by molar-refractivity contribution is 4.99. The van der Waals surface area contributed by atoms with Gasteiger partial charge in [0.2, 0.25) is 0 Å². The van der Waals surface area contributed by atoms with E-state index >= 15 is 0 Å². The molecule has 1 heterocycles. The summed E-state index contributed by atoms with van der Waals surface area (Å²) in [5.41, 5.74) is 0. The highest BCUT2D eigenvalue weighted by Crippen LogP contribution is 2.13. The van der Waals surface area contributed by atoms with Gasteiger partial charge in [-0.25, -0.2) is 0 Å². The Bertz CT molecular complexity index is 267. The summed E-state index contributed by atoms with van der Waals surface area (Å²) in [5, 5.41) is 9.83. The first-order chi connectivity index (χ1) is 8.83. The normalized spacial score (nSPS) is 12.8. The van der Waals surface area contributed by atoms with Crippen LogP contribution in [0.25, 0.3) is 0 Å². The predicted molar refractivity (Wildman–Crippen MR) is 75.6 cm³/mol. The zero-order valence-electron chi connectivity index (χ0n) is 11.7. The maximum atomic E-state index is 9.83. The first kappa shape index (κ1) is 15.3. The van der Waals surface area contributed by atoms with E-state index in [1.54, 1.807) is 6.26 Å².